The minimum atomic E-state index is -0.0271. The summed E-state index contributed by atoms with van der Waals surface area (Å²) in [6.45, 7) is 3.26. The summed E-state index contributed by atoms with van der Waals surface area (Å²) < 4.78 is 0. The summed E-state index contributed by atoms with van der Waals surface area (Å²) in [7, 11) is 1.79. The van der Waals surface area contributed by atoms with Crippen LogP contribution in [0, 0.1) is 0 Å². The van der Waals surface area contributed by atoms with Crippen LogP contribution < -0.4 is 16.0 Å². The van der Waals surface area contributed by atoms with Crippen molar-refractivity contribution < 1.29 is 4.79 Å². The molecular formula is C17H26N4O. The first-order valence-corrected chi connectivity index (χ1v) is 8.07. The smallest absolute Gasteiger partial charge is 0.251 e. The van der Waals surface area contributed by atoms with E-state index in [9.17, 15) is 4.79 Å². The molecule has 1 fully saturated rings. The maximum Gasteiger partial charge on any atom is 0.251 e. The van der Waals surface area contributed by atoms with E-state index in [-0.39, 0.29) is 5.91 Å². The van der Waals surface area contributed by atoms with E-state index in [4.69, 9.17) is 0 Å². The van der Waals surface area contributed by atoms with Gasteiger partial charge in [-0.2, -0.15) is 0 Å². The molecule has 22 heavy (non-hydrogen) atoms. The quantitative estimate of drug-likeness (QED) is 0.576. The summed E-state index contributed by atoms with van der Waals surface area (Å²) in [5, 5.41) is 9.58. The number of rotatable bonds is 5. The summed E-state index contributed by atoms with van der Waals surface area (Å²) in [6, 6.07) is 8.21. The van der Waals surface area contributed by atoms with E-state index in [1.807, 2.05) is 31.2 Å². The Bertz CT molecular complexity index is 504. The Kier molecular flexibility index (Phi) is 6.25. The second-order valence-electron chi connectivity index (χ2n) is 5.61. The molecule has 0 radical (unpaired) electrons. The number of aliphatic imine (C=N–C) groups is 1. The van der Waals surface area contributed by atoms with Gasteiger partial charge in [0, 0.05) is 31.7 Å². The van der Waals surface area contributed by atoms with Crippen molar-refractivity contribution >= 4 is 11.9 Å². The van der Waals surface area contributed by atoms with Gasteiger partial charge >= 0.3 is 0 Å². The van der Waals surface area contributed by atoms with Gasteiger partial charge in [0.15, 0.2) is 5.96 Å². The van der Waals surface area contributed by atoms with E-state index in [0.717, 1.165) is 11.5 Å². The number of amides is 1. The van der Waals surface area contributed by atoms with Gasteiger partial charge < -0.3 is 16.0 Å². The standard InChI is InChI=1S/C17H26N4O/c1-3-19-16(22)14-10-8-13(9-11-14)12-20-17(18-2)21-15-6-4-5-7-15/h8-11,15H,3-7,12H2,1-2H3,(H,19,22)(H2,18,20,21). The Morgan fingerprint density at radius 2 is 1.86 bits per heavy atom. The highest BCUT2D eigenvalue weighted by Gasteiger charge is 2.15. The van der Waals surface area contributed by atoms with Crippen molar-refractivity contribution in [2.45, 2.75) is 45.2 Å². The number of hydrogen-bond acceptors (Lipinski definition) is 2. The van der Waals surface area contributed by atoms with Gasteiger partial charge in [-0.3, -0.25) is 9.79 Å². The van der Waals surface area contributed by atoms with Crippen LogP contribution in [0.3, 0.4) is 0 Å². The van der Waals surface area contributed by atoms with Gasteiger partial charge in [-0.1, -0.05) is 25.0 Å². The number of benzene rings is 1. The van der Waals surface area contributed by atoms with Crippen molar-refractivity contribution in [1.29, 1.82) is 0 Å². The Balaban J connectivity index is 1.83. The van der Waals surface area contributed by atoms with Crippen LogP contribution in [0.5, 0.6) is 0 Å². The van der Waals surface area contributed by atoms with Gasteiger partial charge in [0.2, 0.25) is 0 Å². The lowest BCUT2D eigenvalue weighted by molar-refractivity contribution is 0.0956. The third-order valence-corrected chi connectivity index (χ3v) is 3.93. The first-order valence-electron chi connectivity index (χ1n) is 8.07. The zero-order valence-corrected chi connectivity index (χ0v) is 13.5. The molecule has 0 aliphatic heterocycles. The third-order valence-electron chi connectivity index (χ3n) is 3.93. The molecule has 1 aliphatic carbocycles. The van der Waals surface area contributed by atoms with E-state index >= 15 is 0 Å². The molecule has 120 valence electrons. The highest BCUT2D eigenvalue weighted by molar-refractivity contribution is 5.94. The van der Waals surface area contributed by atoms with Crippen molar-refractivity contribution in [2.75, 3.05) is 13.6 Å². The fraction of sp³-hybridized carbons (Fsp3) is 0.529. The first-order chi connectivity index (χ1) is 10.7. The van der Waals surface area contributed by atoms with E-state index in [2.05, 4.69) is 20.9 Å². The molecule has 1 saturated carbocycles. The van der Waals surface area contributed by atoms with Crippen LogP contribution in [0.25, 0.3) is 0 Å². The lowest BCUT2D eigenvalue weighted by Gasteiger charge is -2.17. The lowest BCUT2D eigenvalue weighted by atomic mass is 10.1. The van der Waals surface area contributed by atoms with E-state index in [1.54, 1.807) is 7.05 Å². The Morgan fingerprint density at radius 1 is 1.18 bits per heavy atom. The summed E-state index contributed by atoms with van der Waals surface area (Å²) in [5.74, 6) is 0.820. The second-order valence-corrected chi connectivity index (χ2v) is 5.61. The molecule has 1 aromatic rings. The van der Waals surface area contributed by atoms with Crippen LogP contribution in [0.1, 0.15) is 48.5 Å². The minimum Gasteiger partial charge on any atom is -0.354 e. The maximum atomic E-state index is 11.7. The molecule has 0 heterocycles. The predicted molar refractivity (Wildman–Crippen MR) is 90.0 cm³/mol. The average Bonchev–Trinajstić information content (AvgIpc) is 3.05. The van der Waals surface area contributed by atoms with Crippen LogP contribution in [0.4, 0.5) is 0 Å². The number of guanidine groups is 1. The highest BCUT2D eigenvalue weighted by Crippen LogP contribution is 2.17. The fourth-order valence-electron chi connectivity index (χ4n) is 2.68. The van der Waals surface area contributed by atoms with Gasteiger partial charge in [0.25, 0.3) is 5.91 Å². The average molecular weight is 302 g/mol. The first kappa shape index (κ1) is 16.3. The van der Waals surface area contributed by atoms with Crippen LogP contribution >= 0.6 is 0 Å². The third kappa shape index (κ3) is 4.76. The SMILES string of the molecule is CCNC(=O)c1ccc(CNC(=NC)NC2CCCC2)cc1. The monoisotopic (exact) mass is 302 g/mol. The largest absolute Gasteiger partial charge is 0.354 e. The molecule has 5 heteroatoms. The topological polar surface area (TPSA) is 65.5 Å². The summed E-state index contributed by atoms with van der Waals surface area (Å²) in [6.07, 6.45) is 5.05. The molecule has 0 spiro atoms. The Labute approximate surface area is 132 Å². The zero-order valence-electron chi connectivity index (χ0n) is 13.5. The van der Waals surface area contributed by atoms with E-state index in [0.29, 0.717) is 24.7 Å². The van der Waals surface area contributed by atoms with Crippen molar-refractivity contribution in [2.24, 2.45) is 4.99 Å². The number of carbonyl (C=O) groups excluding carboxylic acids is 1. The molecule has 5 nitrogen and oxygen atoms in total. The molecular weight excluding hydrogens is 276 g/mol. The van der Waals surface area contributed by atoms with Gasteiger partial charge in [0.1, 0.15) is 0 Å². The molecule has 0 bridgehead atoms. The molecule has 1 aliphatic rings. The summed E-state index contributed by atoms with van der Waals surface area (Å²) in [4.78, 5) is 16.0. The fourth-order valence-corrected chi connectivity index (χ4v) is 2.68. The van der Waals surface area contributed by atoms with Crippen molar-refractivity contribution in [3.8, 4) is 0 Å². The summed E-state index contributed by atoms with van der Waals surface area (Å²) in [5.41, 5.74) is 1.82. The predicted octanol–water partition coefficient (Wildman–Crippen LogP) is 2.04. The number of nitrogens with one attached hydrogen (secondary N) is 3. The molecule has 1 amide bonds. The Hall–Kier alpha value is -2.04. The van der Waals surface area contributed by atoms with Crippen molar-refractivity contribution in [3.05, 3.63) is 35.4 Å². The van der Waals surface area contributed by atoms with Crippen LogP contribution in [-0.2, 0) is 6.54 Å². The molecule has 1 aromatic carbocycles. The van der Waals surface area contributed by atoms with Crippen LogP contribution in [-0.4, -0.2) is 31.5 Å². The minimum absolute atomic E-state index is 0.0271. The maximum absolute atomic E-state index is 11.7. The van der Waals surface area contributed by atoms with Gasteiger partial charge in [-0.15, -0.1) is 0 Å². The molecule has 0 saturated heterocycles. The Morgan fingerprint density at radius 3 is 2.45 bits per heavy atom. The second kappa shape index (κ2) is 8.41. The normalized spacial score (nSPS) is 15.6. The molecule has 0 unspecified atom stereocenters. The number of hydrogen-bond donors (Lipinski definition) is 3. The van der Waals surface area contributed by atoms with Crippen LogP contribution in [0.2, 0.25) is 0 Å². The highest BCUT2D eigenvalue weighted by atomic mass is 16.1. The zero-order chi connectivity index (χ0) is 15.8. The van der Waals surface area contributed by atoms with Gasteiger partial charge in [-0.25, -0.2) is 0 Å². The molecule has 0 aromatic heterocycles. The van der Waals surface area contributed by atoms with Crippen molar-refractivity contribution in [1.82, 2.24) is 16.0 Å². The molecule has 2 rings (SSSR count). The molecule has 3 N–H and O–H groups in total. The van der Waals surface area contributed by atoms with Gasteiger partial charge in [-0.05, 0) is 37.5 Å². The molecule has 0 atom stereocenters. The van der Waals surface area contributed by atoms with E-state index < -0.39 is 0 Å². The number of nitrogens with zero attached hydrogens (tertiary/aromatic N) is 1. The van der Waals surface area contributed by atoms with Crippen LogP contribution in [0.15, 0.2) is 29.3 Å². The van der Waals surface area contributed by atoms with E-state index in [1.165, 1.54) is 25.7 Å². The van der Waals surface area contributed by atoms with Crippen molar-refractivity contribution in [3.63, 3.8) is 0 Å². The number of carbonyl (C=O) groups is 1. The summed E-state index contributed by atoms with van der Waals surface area (Å²) >= 11 is 0. The lowest BCUT2D eigenvalue weighted by Crippen LogP contribution is -2.41. The van der Waals surface area contributed by atoms with Gasteiger partial charge in [0.05, 0.1) is 0 Å².